The Balaban J connectivity index is 1.08. The van der Waals surface area contributed by atoms with E-state index in [0.29, 0.717) is 0 Å². The van der Waals surface area contributed by atoms with Crippen LogP contribution in [0.5, 0.6) is 0 Å². The van der Waals surface area contributed by atoms with E-state index in [1.165, 1.54) is 65.9 Å². The number of pyridine rings is 2. The predicted molar refractivity (Wildman–Crippen MR) is 210 cm³/mol. The minimum Gasteiger partial charge on any atom is -0.309 e. The lowest BCUT2D eigenvalue weighted by Crippen LogP contribution is -1.97. The van der Waals surface area contributed by atoms with Crippen LogP contribution in [0.2, 0.25) is 0 Å². The van der Waals surface area contributed by atoms with Crippen molar-refractivity contribution in [3.8, 4) is 45.1 Å². The molecule has 1 aliphatic carbocycles. The van der Waals surface area contributed by atoms with Crippen LogP contribution in [0.25, 0.3) is 88.8 Å². The Morgan fingerprint density at radius 3 is 1.88 bits per heavy atom. The highest BCUT2D eigenvalue weighted by molar-refractivity contribution is 6.14. The molecule has 51 heavy (non-hydrogen) atoms. The van der Waals surface area contributed by atoms with Gasteiger partial charge in [-0.15, -0.1) is 0 Å². The van der Waals surface area contributed by atoms with Crippen molar-refractivity contribution in [3.63, 3.8) is 0 Å². The molecular weight excluding hydrogens is 621 g/mol. The van der Waals surface area contributed by atoms with Crippen molar-refractivity contribution >= 4 is 43.6 Å². The topological polar surface area (TPSA) is 35.6 Å². The average Bonchev–Trinajstić information content (AvgIpc) is 3.86. The van der Waals surface area contributed by atoms with Crippen LogP contribution in [0.1, 0.15) is 11.1 Å². The van der Waals surface area contributed by atoms with Crippen molar-refractivity contribution < 1.29 is 0 Å². The van der Waals surface area contributed by atoms with Crippen molar-refractivity contribution in [1.82, 2.24) is 19.1 Å². The molecule has 11 rings (SSSR count). The number of rotatable bonds is 4. The summed E-state index contributed by atoms with van der Waals surface area (Å²) in [7, 11) is 0. The van der Waals surface area contributed by atoms with Crippen LogP contribution in [0.3, 0.4) is 0 Å². The normalized spacial score (nSPS) is 12.2. The minimum absolute atomic E-state index is 0.796. The molecule has 4 heterocycles. The molecule has 0 saturated carbocycles. The Bertz CT molecular complexity index is 2990. The molecule has 1 aliphatic rings. The summed E-state index contributed by atoms with van der Waals surface area (Å²) in [6.45, 7) is 0. The maximum atomic E-state index is 5.35. The number of aromatic nitrogens is 4. The molecule has 0 atom stereocenters. The molecule has 0 N–H and O–H groups in total. The summed E-state index contributed by atoms with van der Waals surface area (Å²) in [5.74, 6) is 0. The molecule has 0 bridgehead atoms. The smallest absolute Gasteiger partial charge is 0.0932 e. The third kappa shape index (κ3) is 4.14. The minimum atomic E-state index is 0.796. The molecule has 6 aromatic carbocycles. The van der Waals surface area contributed by atoms with E-state index in [1.807, 2.05) is 6.20 Å². The van der Waals surface area contributed by atoms with Gasteiger partial charge in [0.15, 0.2) is 0 Å². The van der Waals surface area contributed by atoms with Gasteiger partial charge in [0.2, 0.25) is 0 Å². The van der Waals surface area contributed by atoms with E-state index < -0.39 is 0 Å². The summed E-state index contributed by atoms with van der Waals surface area (Å²) < 4.78 is 4.77. The van der Waals surface area contributed by atoms with E-state index in [0.717, 1.165) is 40.4 Å². The fourth-order valence-electron chi connectivity index (χ4n) is 8.38. The summed E-state index contributed by atoms with van der Waals surface area (Å²) in [6, 6.07) is 58.7. The first kappa shape index (κ1) is 28.1. The van der Waals surface area contributed by atoms with Gasteiger partial charge in [0.25, 0.3) is 0 Å². The molecule has 4 nitrogen and oxygen atoms in total. The van der Waals surface area contributed by atoms with Crippen molar-refractivity contribution in [2.24, 2.45) is 0 Å². The number of nitrogens with zero attached hydrogens (tertiary/aromatic N) is 4. The number of hydrogen-bond acceptors (Lipinski definition) is 2. The van der Waals surface area contributed by atoms with Crippen molar-refractivity contribution in [1.29, 1.82) is 0 Å². The maximum absolute atomic E-state index is 5.35. The lowest BCUT2D eigenvalue weighted by atomic mass is 9.97. The van der Waals surface area contributed by atoms with Crippen molar-refractivity contribution in [2.75, 3.05) is 0 Å². The van der Waals surface area contributed by atoms with E-state index >= 15 is 0 Å². The zero-order valence-corrected chi connectivity index (χ0v) is 27.7. The van der Waals surface area contributed by atoms with Gasteiger partial charge in [-0.1, -0.05) is 109 Å². The van der Waals surface area contributed by atoms with Gasteiger partial charge >= 0.3 is 0 Å². The molecule has 0 fully saturated rings. The Morgan fingerprint density at radius 1 is 0.451 bits per heavy atom. The molecule has 4 aromatic heterocycles. The third-order valence-corrected chi connectivity index (χ3v) is 10.6. The summed E-state index contributed by atoms with van der Waals surface area (Å²) in [5.41, 5.74) is 15.9. The first-order valence-electron chi connectivity index (χ1n) is 17.5. The van der Waals surface area contributed by atoms with E-state index in [2.05, 4.69) is 173 Å². The van der Waals surface area contributed by atoms with Crippen LogP contribution >= 0.6 is 0 Å². The van der Waals surface area contributed by atoms with Gasteiger partial charge in [-0.25, -0.2) is 4.98 Å². The van der Waals surface area contributed by atoms with Gasteiger partial charge in [0.1, 0.15) is 0 Å². The Labute approximate surface area is 294 Å². The molecule has 238 valence electrons. The highest BCUT2D eigenvalue weighted by Crippen LogP contribution is 2.44. The van der Waals surface area contributed by atoms with Crippen molar-refractivity contribution in [2.45, 2.75) is 6.42 Å². The number of para-hydroxylation sites is 5. The Kier molecular flexibility index (Phi) is 5.98. The highest BCUT2D eigenvalue weighted by Gasteiger charge is 2.27. The SMILES string of the molecule is c1ccc(-n2c3ccccc3c3ccc(-c4ccc5c(n4)-c4nccc(-c6cccc7c8ccccc8n(-c8ccccc8)c67)c4C5)cc32)cc1. The zero-order valence-electron chi connectivity index (χ0n) is 27.7. The van der Waals surface area contributed by atoms with E-state index in [-0.39, 0.29) is 0 Å². The van der Waals surface area contributed by atoms with Crippen molar-refractivity contribution in [3.05, 3.63) is 181 Å². The van der Waals surface area contributed by atoms with Crippen LogP contribution in [-0.4, -0.2) is 19.1 Å². The van der Waals surface area contributed by atoms with E-state index in [4.69, 9.17) is 9.97 Å². The number of hydrogen-bond donors (Lipinski definition) is 0. The molecule has 4 heteroatoms. The van der Waals surface area contributed by atoms with Gasteiger partial charge in [0, 0.05) is 56.7 Å². The van der Waals surface area contributed by atoms with Crippen LogP contribution in [0, 0.1) is 0 Å². The summed E-state index contributed by atoms with van der Waals surface area (Å²) >= 11 is 0. The summed E-state index contributed by atoms with van der Waals surface area (Å²) in [6.07, 6.45) is 2.75. The number of benzene rings is 6. The van der Waals surface area contributed by atoms with Gasteiger partial charge in [-0.3, -0.25) is 4.98 Å². The van der Waals surface area contributed by atoms with Crippen LogP contribution in [-0.2, 0) is 6.42 Å². The average molecular weight is 651 g/mol. The molecule has 0 aliphatic heterocycles. The number of fused-ring (bicyclic) bond motifs is 9. The molecular formula is C47H30N4. The molecule has 0 saturated heterocycles. The van der Waals surface area contributed by atoms with Gasteiger partial charge < -0.3 is 9.13 Å². The molecule has 10 aromatic rings. The van der Waals surface area contributed by atoms with Gasteiger partial charge in [-0.05, 0) is 71.3 Å². The first-order chi connectivity index (χ1) is 25.3. The lowest BCUT2D eigenvalue weighted by molar-refractivity contribution is 1.18. The summed E-state index contributed by atoms with van der Waals surface area (Å²) in [5, 5.41) is 4.98. The summed E-state index contributed by atoms with van der Waals surface area (Å²) in [4.78, 5) is 10.3. The standard InChI is InChI=1S/C47H30N4/c1-3-12-32(13-4-1)50-42-20-9-7-16-35(42)37-24-22-30(29-44(37)50)41-25-23-31-28-40-34(26-27-48-46(40)45(31)49-41)38-18-11-19-39-36-17-8-10-21-43(36)51(47(38)39)33-14-5-2-6-15-33/h1-27,29H,28H2. The van der Waals surface area contributed by atoms with E-state index in [1.54, 1.807) is 0 Å². The second-order valence-electron chi connectivity index (χ2n) is 13.4. The zero-order chi connectivity index (χ0) is 33.5. The largest absolute Gasteiger partial charge is 0.309 e. The van der Waals surface area contributed by atoms with Gasteiger partial charge in [0.05, 0.1) is 39.1 Å². The second kappa shape index (κ2) is 10.9. The quantitative estimate of drug-likeness (QED) is 0.190. The molecule has 0 amide bonds. The molecule has 0 radical (unpaired) electrons. The fraction of sp³-hybridized carbons (Fsp3) is 0.0213. The Morgan fingerprint density at radius 2 is 1.10 bits per heavy atom. The fourth-order valence-corrected chi connectivity index (χ4v) is 8.38. The predicted octanol–water partition coefficient (Wildman–Crippen LogP) is 11.6. The van der Waals surface area contributed by atoms with E-state index in [9.17, 15) is 0 Å². The monoisotopic (exact) mass is 650 g/mol. The second-order valence-corrected chi connectivity index (χ2v) is 13.4. The molecule has 0 spiro atoms. The Hall–Kier alpha value is -6.78. The third-order valence-electron chi connectivity index (χ3n) is 10.6. The van der Waals surface area contributed by atoms with Gasteiger partial charge in [-0.2, -0.15) is 0 Å². The maximum Gasteiger partial charge on any atom is 0.0932 e. The van der Waals surface area contributed by atoms with Crippen LogP contribution in [0.15, 0.2) is 170 Å². The lowest BCUT2D eigenvalue weighted by Gasteiger charge is -2.14. The van der Waals surface area contributed by atoms with Crippen LogP contribution < -0.4 is 0 Å². The first-order valence-corrected chi connectivity index (χ1v) is 17.5. The highest BCUT2D eigenvalue weighted by atomic mass is 15.0. The molecule has 0 unspecified atom stereocenters. The van der Waals surface area contributed by atoms with Crippen LogP contribution in [0.4, 0.5) is 0 Å².